The number of piperidine rings is 1. The lowest BCUT2D eigenvalue weighted by atomic mass is 9.79. The van der Waals surface area contributed by atoms with Crippen molar-refractivity contribution in [3.8, 4) is 11.3 Å². The van der Waals surface area contributed by atoms with Crippen molar-refractivity contribution < 1.29 is 13.6 Å². The molecule has 0 spiro atoms. The van der Waals surface area contributed by atoms with Crippen molar-refractivity contribution in [1.29, 1.82) is 0 Å². The zero-order valence-electron chi connectivity index (χ0n) is 16.9. The average Bonchev–Trinajstić information content (AvgIpc) is 3.23. The van der Waals surface area contributed by atoms with E-state index in [1.165, 1.54) is 12.1 Å². The van der Waals surface area contributed by atoms with Crippen LogP contribution >= 0.6 is 0 Å². The number of amides is 1. The molecule has 0 aliphatic carbocycles. The van der Waals surface area contributed by atoms with Gasteiger partial charge in [-0.25, -0.2) is 13.8 Å². The van der Waals surface area contributed by atoms with E-state index >= 15 is 0 Å². The van der Waals surface area contributed by atoms with Crippen molar-refractivity contribution >= 4 is 22.6 Å². The summed E-state index contributed by atoms with van der Waals surface area (Å²) in [5.41, 5.74) is 1.98. The Balaban J connectivity index is 1.77. The van der Waals surface area contributed by atoms with Crippen LogP contribution in [0.5, 0.6) is 0 Å². The fraction of sp³-hybridized carbons (Fsp3) is 0.409. The molecule has 1 fully saturated rings. The first kappa shape index (κ1) is 19.1. The molecule has 8 heteroatoms. The van der Waals surface area contributed by atoms with E-state index in [-0.39, 0.29) is 12.5 Å². The molecule has 0 unspecified atom stereocenters. The summed E-state index contributed by atoms with van der Waals surface area (Å²) in [5.74, 6) is 0.0311. The molecule has 2 aromatic heterocycles. The number of alkyl halides is 1. The lowest BCUT2D eigenvalue weighted by molar-refractivity contribution is -0.120. The summed E-state index contributed by atoms with van der Waals surface area (Å²) in [6.45, 7) is 4.77. The number of carbonyl (C=O) groups excluding carboxylic acids is 1. The van der Waals surface area contributed by atoms with Crippen LogP contribution in [-0.2, 0) is 10.2 Å². The van der Waals surface area contributed by atoms with Crippen molar-refractivity contribution in [2.75, 3.05) is 18.4 Å². The number of aromatic nitrogens is 3. The molecule has 30 heavy (non-hydrogen) atoms. The summed E-state index contributed by atoms with van der Waals surface area (Å²) in [4.78, 5) is 17.0. The van der Waals surface area contributed by atoms with Gasteiger partial charge in [0, 0.05) is 29.3 Å². The third kappa shape index (κ3) is 2.66. The van der Waals surface area contributed by atoms with Crippen LogP contribution in [0.1, 0.15) is 38.3 Å². The second kappa shape index (κ2) is 6.84. The predicted octanol–water partition coefficient (Wildman–Crippen LogP) is 3.73. The number of fused-ring (bicyclic) bond motifs is 2. The summed E-state index contributed by atoms with van der Waals surface area (Å²) in [6.07, 6.45) is 1.67. The van der Waals surface area contributed by atoms with E-state index in [1.807, 2.05) is 19.9 Å². The van der Waals surface area contributed by atoms with Gasteiger partial charge in [0.25, 0.3) is 0 Å². The maximum Gasteiger partial charge on any atom is 0.236 e. The Morgan fingerprint density at radius 2 is 2.17 bits per heavy atom. The van der Waals surface area contributed by atoms with Gasteiger partial charge in [-0.05, 0) is 50.6 Å². The molecule has 1 aromatic carbocycles. The molecule has 2 N–H and O–H groups in total. The summed E-state index contributed by atoms with van der Waals surface area (Å²) in [7, 11) is 0. The fourth-order valence-electron chi connectivity index (χ4n) is 4.65. The van der Waals surface area contributed by atoms with Gasteiger partial charge in [-0.2, -0.15) is 5.10 Å². The molecule has 156 valence electrons. The highest BCUT2D eigenvalue weighted by atomic mass is 19.1. The molecular formula is C22H23F2N5O. The molecule has 0 radical (unpaired) electrons. The first-order valence-electron chi connectivity index (χ1n) is 10.3. The second-order valence-electron chi connectivity index (χ2n) is 8.25. The topological polar surface area (TPSA) is 71.8 Å². The number of hydrogen-bond acceptors (Lipinski definition) is 4. The van der Waals surface area contributed by atoms with E-state index in [0.717, 1.165) is 16.5 Å². The zero-order valence-corrected chi connectivity index (χ0v) is 16.9. The van der Waals surface area contributed by atoms with Crippen molar-refractivity contribution in [1.82, 2.24) is 20.1 Å². The van der Waals surface area contributed by atoms with Crippen LogP contribution in [0.2, 0.25) is 0 Å². The monoisotopic (exact) mass is 411 g/mol. The molecule has 0 bridgehead atoms. The van der Waals surface area contributed by atoms with Gasteiger partial charge in [-0.1, -0.05) is 6.92 Å². The molecule has 2 aliphatic rings. The maximum atomic E-state index is 14.7. The number of anilines is 1. The minimum absolute atomic E-state index is 0.100. The van der Waals surface area contributed by atoms with E-state index in [0.29, 0.717) is 36.4 Å². The molecular weight excluding hydrogens is 388 g/mol. The SMILES string of the molecule is CC[C@]1(C)C(=O)Nc2nccc(-c3nn([C@@H]4CCNC[C@@H]4F)c4cc(F)ccc34)c21. The third-order valence-electron chi connectivity index (χ3n) is 6.56. The summed E-state index contributed by atoms with van der Waals surface area (Å²) in [5, 5.41) is 11.4. The van der Waals surface area contributed by atoms with Gasteiger partial charge in [0.2, 0.25) is 5.91 Å². The van der Waals surface area contributed by atoms with E-state index in [9.17, 15) is 13.6 Å². The second-order valence-corrected chi connectivity index (χ2v) is 8.25. The highest BCUT2D eigenvalue weighted by Crippen LogP contribution is 2.45. The number of nitrogens with zero attached hydrogens (tertiary/aromatic N) is 3. The molecule has 2 aliphatic heterocycles. The van der Waals surface area contributed by atoms with Crippen LogP contribution in [0.15, 0.2) is 30.5 Å². The van der Waals surface area contributed by atoms with Crippen molar-refractivity contribution in [3.05, 3.63) is 41.8 Å². The zero-order chi connectivity index (χ0) is 21.0. The Hall–Kier alpha value is -2.87. The van der Waals surface area contributed by atoms with Crippen molar-refractivity contribution in [2.45, 2.75) is 44.3 Å². The summed E-state index contributed by atoms with van der Waals surface area (Å²) >= 11 is 0. The van der Waals surface area contributed by atoms with Crippen LogP contribution in [0, 0.1) is 5.82 Å². The Kier molecular flexibility index (Phi) is 4.36. The van der Waals surface area contributed by atoms with Gasteiger partial charge >= 0.3 is 0 Å². The van der Waals surface area contributed by atoms with Crippen LogP contribution in [0.4, 0.5) is 14.6 Å². The molecule has 3 aromatic rings. The Labute approximate surface area is 172 Å². The minimum atomic E-state index is -1.12. The summed E-state index contributed by atoms with van der Waals surface area (Å²) < 4.78 is 30.5. The fourth-order valence-corrected chi connectivity index (χ4v) is 4.65. The molecule has 1 amide bonds. The number of pyridine rings is 1. The van der Waals surface area contributed by atoms with Gasteiger partial charge in [-0.3, -0.25) is 9.48 Å². The number of nitrogens with one attached hydrogen (secondary N) is 2. The lowest BCUT2D eigenvalue weighted by Crippen LogP contribution is -2.39. The number of benzene rings is 1. The third-order valence-corrected chi connectivity index (χ3v) is 6.56. The maximum absolute atomic E-state index is 14.7. The average molecular weight is 411 g/mol. The van der Waals surface area contributed by atoms with Gasteiger partial charge in [-0.15, -0.1) is 0 Å². The number of rotatable bonds is 3. The van der Waals surface area contributed by atoms with Gasteiger partial charge in [0.05, 0.1) is 17.0 Å². The number of hydrogen-bond donors (Lipinski definition) is 2. The predicted molar refractivity (Wildman–Crippen MR) is 111 cm³/mol. The molecule has 5 rings (SSSR count). The van der Waals surface area contributed by atoms with Crippen LogP contribution < -0.4 is 10.6 Å². The van der Waals surface area contributed by atoms with Gasteiger partial charge in [0.15, 0.2) is 0 Å². The quantitative estimate of drug-likeness (QED) is 0.689. The first-order valence-corrected chi connectivity index (χ1v) is 10.3. The first-order chi connectivity index (χ1) is 14.4. The molecule has 1 saturated heterocycles. The van der Waals surface area contributed by atoms with Crippen LogP contribution in [-0.4, -0.2) is 39.9 Å². The highest BCUT2D eigenvalue weighted by molar-refractivity contribution is 6.08. The van der Waals surface area contributed by atoms with Crippen molar-refractivity contribution in [3.63, 3.8) is 0 Å². The van der Waals surface area contributed by atoms with E-state index in [2.05, 4.69) is 15.6 Å². The number of halogens is 2. The van der Waals surface area contributed by atoms with Crippen LogP contribution in [0.25, 0.3) is 22.2 Å². The van der Waals surface area contributed by atoms with E-state index < -0.39 is 23.4 Å². The van der Waals surface area contributed by atoms with E-state index in [1.54, 1.807) is 16.9 Å². The lowest BCUT2D eigenvalue weighted by Gasteiger charge is -2.27. The van der Waals surface area contributed by atoms with Crippen molar-refractivity contribution in [2.24, 2.45) is 0 Å². The summed E-state index contributed by atoms with van der Waals surface area (Å²) in [6, 6.07) is 5.83. The van der Waals surface area contributed by atoms with Gasteiger partial charge in [0.1, 0.15) is 23.5 Å². The van der Waals surface area contributed by atoms with E-state index in [4.69, 9.17) is 5.10 Å². The number of carbonyl (C=O) groups is 1. The Morgan fingerprint density at radius 1 is 1.33 bits per heavy atom. The standard InChI is InChI=1S/C22H23F2N5O/c1-3-22(2)18-14(6-9-26-20(18)27-21(22)30)19-13-5-4-12(23)10-17(13)29(28-19)16-7-8-25-11-15(16)24/h4-6,9-10,15-16,25H,3,7-8,11H2,1-2H3,(H,26,27,30)/t15-,16+,22-/m0/s1. The normalized spacial score (nSPS) is 26.1. The molecule has 6 nitrogen and oxygen atoms in total. The molecule has 0 saturated carbocycles. The van der Waals surface area contributed by atoms with Crippen LogP contribution in [0.3, 0.4) is 0 Å². The Morgan fingerprint density at radius 3 is 2.93 bits per heavy atom. The molecule has 4 heterocycles. The van der Waals surface area contributed by atoms with Gasteiger partial charge < -0.3 is 10.6 Å². The Bertz CT molecular complexity index is 1160. The highest BCUT2D eigenvalue weighted by Gasteiger charge is 2.44. The smallest absolute Gasteiger partial charge is 0.236 e. The molecule has 3 atom stereocenters. The minimum Gasteiger partial charge on any atom is -0.314 e. The largest absolute Gasteiger partial charge is 0.314 e.